The van der Waals surface area contributed by atoms with Crippen molar-refractivity contribution in [3.8, 4) is 0 Å². The van der Waals surface area contributed by atoms with Crippen molar-refractivity contribution in [2.24, 2.45) is 5.92 Å². The number of hydrogen-bond donors (Lipinski definition) is 2. The first-order chi connectivity index (χ1) is 8.97. The molecule has 0 heterocycles. The molecule has 0 aromatic heterocycles. The van der Waals surface area contributed by atoms with Crippen LogP contribution in [0, 0.1) is 11.7 Å². The van der Waals surface area contributed by atoms with E-state index in [2.05, 4.69) is 24.5 Å². The van der Waals surface area contributed by atoms with E-state index in [1.807, 2.05) is 6.92 Å². The van der Waals surface area contributed by atoms with Crippen LogP contribution >= 0.6 is 0 Å². The van der Waals surface area contributed by atoms with Crippen LogP contribution in [0.5, 0.6) is 0 Å². The van der Waals surface area contributed by atoms with Crippen LogP contribution in [0.4, 0.5) is 4.39 Å². The van der Waals surface area contributed by atoms with Gasteiger partial charge in [-0.3, -0.25) is 4.79 Å². The monoisotopic (exact) mass is 266 g/mol. The van der Waals surface area contributed by atoms with E-state index in [0.29, 0.717) is 19.0 Å². The van der Waals surface area contributed by atoms with Gasteiger partial charge in [0.15, 0.2) is 0 Å². The highest BCUT2D eigenvalue weighted by Crippen LogP contribution is 2.05. The number of halogens is 1. The second-order valence-electron chi connectivity index (χ2n) is 5.31. The Kier molecular flexibility index (Phi) is 6.50. The quantitative estimate of drug-likeness (QED) is 0.793. The molecule has 3 nitrogen and oxygen atoms in total. The average molecular weight is 266 g/mol. The molecule has 0 saturated carbocycles. The minimum Gasteiger partial charge on any atom is -0.355 e. The number of hydrogen-bond acceptors (Lipinski definition) is 2. The van der Waals surface area contributed by atoms with Gasteiger partial charge in [-0.1, -0.05) is 26.0 Å². The van der Waals surface area contributed by atoms with Crippen LogP contribution in [0.1, 0.15) is 26.3 Å². The van der Waals surface area contributed by atoms with Crippen LogP contribution in [0.3, 0.4) is 0 Å². The van der Waals surface area contributed by atoms with Gasteiger partial charge in [0.05, 0.1) is 6.54 Å². The molecule has 0 bridgehead atoms. The summed E-state index contributed by atoms with van der Waals surface area (Å²) < 4.78 is 12.8. The first kappa shape index (κ1) is 15.6. The summed E-state index contributed by atoms with van der Waals surface area (Å²) in [5, 5.41) is 6.02. The van der Waals surface area contributed by atoms with Crippen molar-refractivity contribution in [3.05, 3.63) is 35.6 Å². The second kappa shape index (κ2) is 7.89. The lowest BCUT2D eigenvalue weighted by atomic mass is 10.1. The summed E-state index contributed by atoms with van der Waals surface area (Å²) in [4.78, 5) is 11.5. The minimum atomic E-state index is -0.225. The fourth-order valence-electron chi connectivity index (χ4n) is 1.69. The fourth-order valence-corrected chi connectivity index (χ4v) is 1.69. The summed E-state index contributed by atoms with van der Waals surface area (Å²) in [6.07, 6.45) is 0.776. The molecule has 106 valence electrons. The van der Waals surface area contributed by atoms with E-state index in [0.717, 1.165) is 12.0 Å². The van der Waals surface area contributed by atoms with Crippen molar-refractivity contribution in [1.82, 2.24) is 10.6 Å². The molecule has 1 aromatic carbocycles. The van der Waals surface area contributed by atoms with Gasteiger partial charge in [-0.25, -0.2) is 4.39 Å². The van der Waals surface area contributed by atoms with E-state index in [1.54, 1.807) is 12.1 Å². The summed E-state index contributed by atoms with van der Waals surface area (Å²) >= 11 is 0. The Balaban J connectivity index is 2.25. The largest absolute Gasteiger partial charge is 0.355 e. The maximum absolute atomic E-state index is 12.8. The molecule has 0 aliphatic heterocycles. The van der Waals surface area contributed by atoms with Crippen LogP contribution in [0.15, 0.2) is 24.3 Å². The highest BCUT2D eigenvalue weighted by Gasteiger charge is 2.07. The molecule has 4 heteroatoms. The molecule has 1 rings (SSSR count). The molecule has 1 unspecified atom stereocenters. The first-order valence-electron chi connectivity index (χ1n) is 6.72. The Morgan fingerprint density at radius 2 is 1.84 bits per heavy atom. The molecule has 0 fully saturated rings. The second-order valence-corrected chi connectivity index (χ2v) is 5.31. The summed E-state index contributed by atoms with van der Waals surface area (Å²) in [6.45, 7) is 7.15. The fraction of sp³-hybridized carbons (Fsp3) is 0.533. The third-order valence-electron chi connectivity index (χ3n) is 2.77. The number of benzene rings is 1. The van der Waals surface area contributed by atoms with Gasteiger partial charge < -0.3 is 10.6 Å². The van der Waals surface area contributed by atoms with E-state index in [-0.39, 0.29) is 17.8 Å². The van der Waals surface area contributed by atoms with Crippen LogP contribution in [0.2, 0.25) is 0 Å². The molecule has 0 spiro atoms. The van der Waals surface area contributed by atoms with Gasteiger partial charge in [0, 0.05) is 12.6 Å². The zero-order chi connectivity index (χ0) is 14.3. The van der Waals surface area contributed by atoms with Gasteiger partial charge in [0.2, 0.25) is 5.91 Å². The maximum atomic E-state index is 12.8. The normalized spacial score (nSPS) is 12.5. The summed E-state index contributed by atoms with van der Waals surface area (Å²) in [5.74, 6) is 0.248. The minimum absolute atomic E-state index is 0.0136. The highest BCUT2D eigenvalue weighted by molar-refractivity contribution is 5.77. The molecule has 1 aromatic rings. The van der Waals surface area contributed by atoms with Crippen molar-refractivity contribution in [2.75, 3.05) is 13.1 Å². The van der Waals surface area contributed by atoms with Gasteiger partial charge in [-0.05, 0) is 37.0 Å². The lowest BCUT2D eigenvalue weighted by molar-refractivity contribution is -0.120. The van der Waals surface area contributed by atoms with E-state index in [4.69, 9.17) is 0 Å². The van der Waals surface area contributed by atoms with E-state index in [1.165, 1.54) is 12.1 Å². The lowest BCUT2D eigenvalue weighted by Crippen LogP contribution is -2.39. The van der Waals surface area contributed by atoms with Crippen LogP contribution in [-0.2, 0) is 11.2 Å². The summed E-state index contributed by atoms with van der Waals surface area (Å²) in [7, 11) is 0. The molecule has 0 aliphatic rings. The molecular weight excluding hydrogens is 243 g/mol. The number of carbonyl (C=O) groups is 1. The van der Waals surface area contributed by atoms with Crippen molar-refractivity contribution in [1.29, 1.82) is 0 Å². The molecule has 0 aliphatic carbocycles. The number of amides is 1. The van der Waals surface area contributed by atoms with Crippen molar-refractivity contribution in [3.63, 3.8) is 0 Å². The van der Waals surface area contributed by atoms with Gasteiger partial charge in [-0.15, -0.1) is 0 Å². The standard InChI is InChI=1S/C15H23FN2O/c1-11(2)9-18-15(19)10-17-12(3)8-13-4-6-14(16)7-5-13/h4-7,11-12,17H,8-10H2,1-3H3,(H,18,19). The highest BCUT2D eigenvalue weighted by atomic mass is 19.1. The van der Waals surface area contributed by atoms with Crippen LogP contribution < -0.4 is 10.6 Å². The molecule has 0 saturated heterocycles. The summed E-state index contributed by atoms with van der Waals surface area (Å²) in [6, 6.07) is 6.63. The molecule has 2 N–H and O–H groups in total. The molecule has 1 amide bonds. The lowest BCUT2D eigenvalue weighted by Gasteiger charge is -2.14. The SMILES string of the molecule is CC(C)CNC(=O)CNC(C)Cc1ccc(F)cc1. The Bertz CT molecular complexity index is 390. The zero-order valence-electron chi connectivity index (χ0n) is 11.9. The molecule has 1 atom stereocenters. The topological polar surface area (TPSA) is 41.1 Å². The Morgan fingerprint density at radius 3 is 2.42 bits per heavy atom. The Morgan fingerprint density at radius 1 is 1.21 bits per heavy atom. The molecular formula is C15H23FN2O. The van der Waals surface area contributed by atoms with Crippen LogP contribution in [0.25, 0.3) is 0 Å². The van der Waals surface area contributed by atoms with Gasteiger partial charge in [0.1, 0.15) is 5.82 Å². The molecule has 19 heavy (non-hydrogen) atoms. The average Bonchev–Trinajstić information content (AvgIpc) is 2.36. The predicted molar refractivity (Wildman–Crippen MR) is 75.4 cm³/mol. The van der Waals surface area contributed by atoms with Gasteiger partial charge >= 0.3 is 0 Å². The summed E-state index contributed by atoms with van der Waals surface area (Å²) in [5.41, 5.74) is 1.06. The molecule has 0 radical (unpaired) electrons. The van der Waals surface area contributed by atoms with Crippen molar-refractivity contribution < 1.29 is 9.18 Å². The first-order valence-corrected chi connectivity index (χ1v) is 6.72. The van der Waals surface area contributed by atoms with Crippen molar-refractivity contribution >= 4 is 5.91 Å². The third-order valence-corrected chi connectivity index (χ3v) is 2.77. The number of rotatable bonds is 7. The van der Waals surface area contributed by atoms with E-state index >= 15 is 0 Å². The Hall–Kier alpha value is -1.42. The zero-order valence-corrected chi connectivity index (χ0v) is 11.9. The Labute approximate surface area is 114 Å². The number of carbonyl (C=O) groups excluding carboxylic acids is 1. The van der Waals surface area contributed by atoms with Crippen molar-refractivity contribution in [2.45, 2.75) is 33.2 Å². The third kappa shape index (κ3) is 6.91. The van der Waals surface area contributed by atoms with Gasteiger partial charge in [0.25, 0.3) is 0 Å². The van der Waals surface area contributed by atoms with E-state index < -0.39 is 0 Å². The predicted octanol–water partition coefficient (Wildman–Crippen LogP) is 2.12. The number of nitrogens with one attached hydrogen (secondary N) is 2. The van der Waals surface area contributed by atoms with Gasteiger partial charge in [-0.2, -0.15) is 0 Å². The maximum Gasteiger partial charge on any atom is 0.233 e. The smallest absolute Gasteiger partial charge is 0.233 e. The van der Waals surface area contributed by atoms with Crippen LogP contribution in [-0.4, -0.2) is 25.0 Å². The van der Waals surface area contributed by atoms with E-state index in [9.17, 15) is 9.18 Å².